The topological polar surface area (TPSA) is 66.5 Å². The monoisotopic (exact) mass is 299 g/mol. The summed E-state index contributed by atoms with van der Waals surface area (Å²) in [6.45, 7) is 3.85. The zero-order chi connectivity index (χ0) is 16.0. The molecule has 0 saturated heterocycles. The SMILES string of the molecule is CCCCCCCCCCCCC/C=C/C(O)(O)C(C)N. The molecule has 0 aliphatic carbocycles. The molecular weight excluding hydrogens is 262 g/mol. The van der Waals surface area contributed by atoms with E-state index in [4.69, 9.17) is 5.73 Å². The van der Waals surface area contributed by atoms with E-state index in [2.05, 4.69) is 6.92 Å². The van der Waals surface area contributed by atoms with E-state index in [9.17, 15) is 10.2 Å². The van der Waals surface area contributed by atoms with Gasteiger partial charge in [0.25, 0.3) is 0 Å². The minimum atomic E-state index is -1.86. The number of allylic oxidation sites excluding steroid dienone is 1. The molecule has 3 heteroatoms. The van der Waals surface area contributed by atoms with Crippen molar-refractivity contribution in [2.45, 2.75) is 103 Å². The lowest BCUT2D eigenvalue weighted by atomic mass is 10.0. The Bertz CT molecular complexity index is 250. The van der Waals surface area contributed by atoms with Gasteiger partial charge in [-0.2, -0.15) is 0 Å². The van der Waals surface area contributed by atoms with Crippen LogP contribution in [0.4, 0.5) is 0 Å². The second-order valence-corrected chi connectivity index (χ2v) is 6.30. The van der Waals surface area contributed by atoms with Gasteiger partial charge in [-0.05, 0) is 25.8 Å². The minimum Gasteiger partial charge on any atom is -0.361 e. The third-order valence-corrected chi connectivity index (χ3v) is 4.01. The Morgan fingerprint density at radius 3 is 1.71 bits per heavy atom. The molecule has 0 aliphatic heterocycles. The van der Waals surface area contributed by atoms with E-state index in [0.717, 1.165) is 12.8 Å². The van der Waals surface area contributed by atoms with Gasteiger partial charge in [-0.25, -0.2) is 0 Å². The highest BCUT2D eigenvalue weighted by Gasteiger charge is 2.23. The molecule has 0 aliphatic rings. The number of nitrogens with two attached hydrogens (primary N) is 1. The van der Waals surface area contributed by atoms with Crippen molar-refractivity contribution in [1.82, 2.24) is 0 Å². The Balaban J connectivity index is 3.28. The minimum absolute atomic E-state index is 0.661. The molecule has 0 aromatic heterocycles. The van der Waals surface area contributed by atoms with E-state index < -0.39 is 11.8 Å². The first-order valence-electron chi connectivity index (χ1n) is 8.88. The number of aliphatic hydroxyl groups is 2. The van der Waals surface area contributed by atoms with Crippen LogP contribution in [0.3, 0.4) is 0 Å². The molecular formula is C18H37NO2. The molecule has 3 nitrogen and oxygen atoms in total. The summed E-state index contributed by atoms with van der Waals surface area (Å²) in [6.07, 6.45) is 18.8. The fourth-order valence-corrected chi connectivity index (χ4v) is 2.33. The summed E-state index contributed by atoms with van der Waals surface area (Å²) in [5, 5.41) is 19.0. The van der Waals surface area contributed by atoms with E-state index in [1.165, 1.54) is 70.3 Å². The molecule has 0 aromatic carbocycles. The van der Waals surface area contributed by atoms with Crippen LogP contribution < -0.4 is 5.73 Å². The highest BCUT2D eigenvalue weighted by atomic mass is 16.5. The second kappa shape index (κ2) is 13.3. The van der Waals surface area contributed by atoms with E-state index in [-0.39, 0.29) is 0 Å². The maximum absolute atomic E-state index is 9.51. The molecule has 0 spiro atoms. The van der Waals surface area contributed by atoms with Crippen LogP contribution in [-0.2, 0) is 0 Å². The van der Waals surface area contributed by atoms with Crippen molar-refractivity contribution in [2.24, 2.45) is 5.73 Å². The van der Waals surface area contributed by atoms with Crippen molar-refractivity contribution >= 4 is 0 Å². The lowest BCUT2D eigenvalue weighted by molar-refractivity contribution is -0.131. The number of rotatable bonds is 14. The van der Waals surface area contributed by atoms with E-state index >= 15 is 0 Å². The summed E-state index contributed by atoms with van der Waals surface area (Å²) in [4.78, 5) is 0. The molecule has 0 rings (SSSR count). The summed E-state index contributed by atoms with van der Waals surface area (Å²) >= 11 is 0. The van der Waals surface area contributed by atoms with Gasteiger partial charge >= 0.3 is 0 Å². The molecule has 0 radical (unpaired) electrons. The first kappa shape index (κ1) is 20.6. The van der Waals surface area contributed by atoms with Crippen molar-refractivity contribution < 1.29 is 10.2 Å². The molecule has 1 unspecified atom stereocenters. The van der Waals surface area contributed by atoms with Crippen LogP contribution in [0.5, 0.6) is 0 Å². The average Bonchev–Trinajstić information content (AvgIpc) is 2.43. The Labute approximate surface area is 131 Å². The van der Waals surface area contributed by atoms with E-state index in [1.54, 1.807) is 6.92 Å². The average molecular weight is 299 g/mol. The Hall–Kier alpha value is -0.380. The largest absolute Gasteiger partial charge is 0.361 e. The Kier molecular flexibility index (Phi) is 13.1. The lowest BCUT2D eigenvalue weighted by Crippen LogP contribution is -2.44. The van der Waals surface area contributed by atoms with Crippen molar-refractivity contribution in [2.75, 3.05) is 0 Å². The summed E-state index contributed by atoms with van der Waals surface area (Å²) in [7, 11) is 0. The molecule has 0 fully saturated rings. The summed E-state index contributed by atoms with van der Waals surface area (Å²) in [6, 6.07) is -0.661. The maximum Gasteiger partial charge on any atom is 0.198 e. The van der Waals surface area contributed by atoms with Gasteiger partial charge in [0.1, 0.15) is 0 Å². The number of unbranched alkanes of at least 4 members (excludes halogenated alkanes) is 11. The van der Waals surface area contributed by atoms with Gasteiger partial charge in [0.2, 0.25) is 0 Å². The first-order chi connectivity index (χ1) is 10.0. The molecule has 126 valence electrons. The van der Waals surface area contributed by atoms with Crippen molar-refractivity contribution in [3.05, 3.63) is 12.2 Å². The smallest absolute Gasteiger partial charge is 0.198 e. The summed E-state index contributed by atoms with van der Waals surface area (Å²) in [5.41, 5.74) is 5.47. The fraction of sp³-hybridized carbons (Fsp3) is 0.889. The molecule has 21 heavy (non-hydrogen) atoms. The molecule has 0 heterocycles. The highest BCUT2D eigenvalue weighted by Crippen LogP contribution is 2.13. The molecule has 0 aromatic rings. The van der Waals surface area contributed by atoms with Crippen LogP contribution in [0, 0.1) is 0 Å². The Morgan fingerprint density at radius 2 is 1.29 bits per heavy atom. The molecule has 0 saturated carbocycles. The molecule has 0 bridgehead atoms. The Morgan fingerprint density at radius 1 is 0.857 bits per heavy atom. The summed E-state index contributed by atoms with van der Waals surface area (Å²) in [5.74, 6) is -1.86. The van der Waals surface area contributed by atoms with Crippen molar-refractivity contribution in [1.29, 1.82) is 0 Å². The molecule has 4 N–H and O–H groups in total. The zero-order valence-corrected chi connectivity index (χ0v) is 14.2. The quantitative estimate of drug-likeness (QED) is 0.255. The van der Waals surface area contributed by atoms with Crippen LogP contribution in [0.2, 0.25) is 0 Å². The van der Waals surface area contributed by atoms with Crippen molar-refractivity contribution in [3.63, 3.8) is 0 Å². The fourth-order valence-electron chi connectivity index (χ4n) is 2.33. The first-order valence-corrected chi connectivity index (χ1v) is 8.88. The predicted molar refractivity (Wildman–Crippen MR) is 91.0 cm³/mol. The lowest BCUT2D eigenvalue weighted by Gasteiger charge is -2.21. The van der Waals surface area contributed by atoms with Gasteiger partial charge in [-0.3, -0.25) is 0 Å². The summed E-state index contributed by atoms with van der Waals surface area (Å²) < 4.78 is 0. The van der Waals surface area contributed by atoms with E-state index in [0.29, 0.717) is 0 Å². The van der Waals surface area contributed by atoms with Gasteiger partial charge in [-0.15, -0.1) is 0 Å². The normalized spacial score (nSPS) is 14.0. The highest BCUT2D eigenvalue weighted by molar-refractivity contribution is 4.98. The van der Waals surface area contributed by atoms with Crippen LogP contribution in [0.15, 0.2) is 12.2 Å². The third-order valence-electron chi connectivity index (χ3n) is 4.01. The van der Waals surface area contributed by atoms with Gasteiger partial charge in [0, 0.05) is 0 Å². The number of hydrogen-bond acceptors (Lipinski definition) is 3. The van der Waals surface area contributed by atoms with Crippen LogP contribution >= 0.6 is 0 Å². The van der Waals surface area contributed by atoms with Gasteiger partial charge in [-0.1, -0.05) is 77.2 Å². The second-order valence-electron chi connectivity index (χ2n) is 6.30. The van der Waals surface area contributed by atoms with E-state index in [1.807, 2.05) is 6.08 Å². The van der Waals surface area contributed by atoms with Gasteiger partial charge in [0.05, 0.1) is 6.04 Å². The van der Waals surface area contributed by atoms with Crippen LogP contribution in [0.1, 0.15) is 90.9 Å². The predicted octanol–water partition coefficient (Wildman–Crippen LogP) is 4.27. The maximum atomic E-state index is 9.51. The zero-order valence-electron chi connectivity index (χ0n) is 14.2. The van der Waals surface area contributed by atoms with Crippen molar-refractivity contribution in [3.8, 4) is 0 Å². The number of hydrogen-bond donors (Lipinski definition) is 3. The van der Waals surface area contributed by atoms with Gasteiger partial charge < -0.3 is 15.9 Å². The molecule has 0 amide bonds. The van der Waals surface area contributed by atoms with Crippen LogP contribution in [-0.4, -0.2) is 22.0 Å². The molecule has 1 atom stereocenters. The van der Waals surface area contributed by atoms with Crippen LogP contribution in [0.25, 0.3) is 0 Å². The van der Waals surface area contributed by atoms with Gasteiger partial charge in [0.15, 0.2) is 5.79 Å². The standard InChI is InChI=1S/C18H37NO2/c1-3-4-5-6-7-8-9-10-11-12-13-14-15-16-18(20,21)17(2)19/h15-17,20-21H,3-14,19H2,1-2H3/b16-15+. The third kappa shape index (κ3) is 13.0.